The Hall–Kier alpha value is -0.590. The third-order valence-electron chi connectivity index (χ3n) is 2.82. The molecule has 0 spiro atoms. The Labute approximate surface area is 136 Å². The molecule has 0 aliphatic rings. The summed E-state index contributed by atoms with van der Waals surface area (Å²) in [7, 11) is 1.77. The van der Waals surface area contributed by atoms with Crippen LogP contribution in [0.1, 0.15) is 19.3 Å². The number of aliphatic hydroxyl groups excluding tert-OH is 1. The number of hydrogen-bond donors (Lipinski definition) is 1. The van der Waals surface area contributed by atoms with Gasteiger partial charge in [-0.25, -0.2) is 0 Å². The van der Waals surface area contributed by atoms with Crippen molar-refractivity contribution in [3.8, 4) is 5.75 Å². The molecule has 0 heterocycles. The number of carbonyl (C=O) groups is 1. The fraction of sp³-hybridized carbons (Fsp3) is 0.500. The molecule has 1 amide bonds. The average Bonchev–Trinajstić information content (AvgIpc) is 2.42. The van der Waals surface area contributed by atoms with Crippen LogP contribution in [0.25, 0.3) is 0 Å². The van der Waals surface area contributed by atoms with E-state index in [0.29, 0.717) is 12.3 Å². The van der Waals surface area contributed by atoms with Crippen molar-refractivity contribution < 1.29 is 14.6 Å². The van der Waals surface area contributed by atoms with Crippen LogP contribution in [-0.4, -0.2) is 42.7 Å². The molecule has 20 heavy (non-hydrogen) atoms. The van der Waals surface area contributed by atoms with Crippen LogP contribution >= 0.6 is 31.9 Å². The summed E-state index contributed by atoms with van der Waals surface area (Å²) in [6.07, 6.45) is 2.60. The van der Waals surface area contributed by atoms with Gasteiger partial charge in [0.15, 0.2) is 6.61 Å². The number of hydrogen-bond acceptors (Lipinski definition) is 3. The highest BCUT2D eigenvalue weighted by Gasteiger charge is 2.10. The van der Waals surface area contributed by atoms with Crippen LogP contribution in [0.3, 0.4) is 0 Å². The molecule has 6 heteroatoms. The van der Waals surface area contributed by atoms with Gasteiger partial charge in [0.1, 0.15) is 5.75 Å². The molecule has 0 bridgehead atoms. The average molecular weight is 409 g/mol. The van der Waals surface area contributed by atoms with Gasteiger partial charge in [0.25, 0.3) is 5.91 Å². The Kier molecular flexibility index (Phi) is 8.18. The first-order chi connectivity index (χ1) is 9.54. The minimum atomic E-state index is -0.0520. The lowest BCUT2D eigenvalue weighted by molar-refractivity contribution is -0.132. The number of halogens is 2. The topological polar surface area (TPSA) is 49.8 Å². The first-order valence-corrected chi connectivity index (χ1v) is 8.06. The van der Waals surface area contributed by atoms with Crippen molar-refractivity contribution in [1.29, 1.82) is 0 Å². The second-order valence-corrected chi connectivity index (χ2v) is 6.23. The number of aliphatic hydroxyl groups is 1. The largest absolute Gasteiger partial charge is 0.483 e. The number of benzene rings is 1. The zero-order chi connectivity index (χ0) is 15.0. The van der Waals surface area contributed by atoms with Crippen molar-refractivity contribution in [2.24, 2.45) is 0 Å². The Morgan fingerprint density at radius 2 is 2.05 bits per heavy atom. The number of unbranched alkanes of at least 4 members (excludes halogenated alkanes) is 2. The fourth-order valence-electron chi connectivity index (χ4n) is 1.60. The number of amides is 1. The van der Waals surface area contributed by atoms with E-state index >= 15 is 0 Å². The summed E-state index contributed by atoms with van der Waals surface area (Å²) < 4.78 is 7.26. The van der Waals surface area contributed by atoms with Gasteiger partial charge in [-0.05, 0) is 53.4 Å². The zero-order valence-electron chi connectivity index (χ0n) is 11.4. The van der Waals surface area contributed by atoms with E-state index in [1.54, 1.807) is 11.9 Å². The highest BCUT2D eigenvalue weighted by molar-refractivity contribution is 9.11. The van der Waals surface area contributed by atoms with Crippen LogP contribution in [0.5, 0.6) is 5.75 Å². The summed E-state index contributed by atoms with van der Waals surface area (Å²) in [4.78, 5) is 13.5. The van der Waals surface area contributed by atoms with Crippen molar-refractivity contribution in [3.05, 3.63) is 27.1 Å². The Bertz CT molecular complexity index is 440. The zero-order valence-corrected chi connectivity index (χ0v) is 14.6. The lowest BCUT2D eigenvalue weighted by Gasteiger charge is -2.17. The molecule has 0 aromatic heterocycles. The SMILES string of the molecule is CN(CCCCCO)C(=O)COc1ccc(Br)cc1Br. The highest BCUT2D eigenvalue weighted by atomic mass is 79.9. The van der Waals surface area contributed by atoms with Gasteiger partial charge in [-0.2, -0.15) is 0 Å². The van der Waals surface area contributed by atoms with Crippen LogP contribution in [0, 0.1) is 0 Å². The molecular formula is C14H19Br2NO3. The van der Waals surface area contributed by atoms with Crippen molar-refractivity contribution in [2.75, 3.05) is 26.8 Å². The van der Waals surface area contributed by atoms with Crippen LogP contribution in [0.15, 0.2) is 27.1 Å². The van der Waals surface area contributed by atoms with Gasteiger partial charge in [-0.3, -0.25) is 4.79 Å². The van der Waals surface area contributed by atoms with Crippen molar-refractivity contribution >= 4 is 37.8 Å². The van der Waals surface area contributed by atoms with Crippen LogP contribution in [0.4, 0.5) is 0 Å². The molecule has 0 fully saturated rings. The van der Waals surface area contributed by atoms with E-state index in [-0.39, 0.29) is 19.1 Å². The van der Waals surface area contributed by atoms with E-state index in [4.69, 9.17) is 9.84 Å². The summed E-state index contributed by atoms with van der Waals surface area (Å²) in [6, 6.07) is 5.55. The summed E-state index contributed by atoms with van der Waals surface area (Å²) in [5.74, 6) is 0.596. The Morgan fingerprint density at radius 1 is 1.30 bits per heavy atom. The van der Waals surface area contributed by atoms with Crippen molar-refractivity contribution in [2.45, 2.75) is 19.3 Å². The molecule has 1 N–H and O–H groups in total. The molecule has 4 nitrogen and oxygen atoms in total. The van der Waals surface area contributed by atoms with Crippen LogP contribution < -0.4 is 4.74 Å². The van der Waals surface area contributed by atoms with Gasteiger partial charge in [0.2, 0.25) is 0 Å². The first-order valence-electron chi connectivity index (χ1n) is 6.47. The number of carbonyl (C=O) groups excluding carboxylic acids is 1. The van der Waals surface area contributed by atoms with Gasteiger partial charge >= 0.3 is 0 Å². The van der Waals surface area contributed by atoms with Gasteiger partial charge in [0.05, 0.1) is 4.47 Å². The summed E-state index contributed by atoms with van der Waals surface area (Å²) in [5.41, 5.74) is 0. The lowest BCUT2D eigenvalue weighted by Crippen LogP contribution is -2.32. The predicted molar refractivity (Wildman–Crippen MR) is 85.9 cm³/mol. The Morgan fingerprint density at radius 3 is 2.70 bits per heavy atom. The molecule has 112 valence electrons. The minimum absolute atomic E-state index is 0.0245. The number of rotatable bonds is 8. The molecule has 1 rings (SSSR count). The molecule has 0 saturated carbocycles. The van der Waals surface area contributed by atoms with E-state index in [1.165, 1.54) is 0 Å². The fourth-order valence-corrected chi connectivity index (χ4v) is 2.77. The normalized spacial score (nSPS) is 10.4. The predicted octanol–water partition coefficient (Wildman–Crippen LogP) is 3.21. The molecule has 1 aromatic carbocycles. The van der Waals surface area contributed by atoms with E-state index in [9.17, 15) is 4.79 Å². The van der Waals surface area contributed by atoms with Crippen LogP contribution in [0.2, 0.25) is 0 Å². The number of nitrogens with zero attached hydrogens (tertiary/aromatic N) is 1. The summed E-state index contributed by atoms with van der Waals surface area (Å²) in [5, 5.41) is 8.69. The molecule has 0 saturated heterocycles. The van der Waals surface area contributed by atoms with Crippen molar-refractivity contribution in [1.82, 2.24) is 4.90 Å². The van der Waals surface area contributed by atoms with Crippen LogP contribution in [-0.2, 0) is 4.79 Å². The summed E-state index contributed by atoms with van der Waals surface area (Å²) >= 11 is 6.75. The second kappa shape index (κ2) is 9.37. The molecule has 1 aromatic rings. The van der Waals surface area contributed by atoms with Gasteiger partial charge in [0, 0.05) is 24.7 Å². The second-order valence-electron chi connectivity index (χ2n) is 4.46. The maximum absolute atomic E-state index is 11.9. The third kappa shape index (κ3) is 6.24. The van der Waals surface area contributed by atoms with E-state index < -0.39 is 0 Å². The lowest BCUT2D eigenvalue weighted by atomic mass is 10.2. The third-order valence-corrected chi connectivity index (χ3v) is 3.94. The first kappa shape index (κ1) is 17.5. The minimum Gasteiger partial charge on any atom is -0.483 e. The van der Waals surface area contributed by atoms with Gasteiger partial charge < -0.3 is 14.7 Å². The molecule has 0 radical (unpaired) electrons. The van der Waals surface area contributed by atoms with Gasteiger partial charge in [-0.15, -0.1) is 0 Å². The molecule has 0 unspecified atom stereocenters. The van der Waals surface area contributed by atoms with E-state index in [1.807, 2.05) is 18.2 Å². The smallest absolute Gasteiger partial charge is 0.260 e. The van der Waals surface area contributed by atoms with E-state index in [2.05, 4.69) is 31.9 Å². The standard InChI is InChI=1S/C14H19Br2NO3/c1-17(7-3-2-4-8-18)14(19)10-20-13-6-5-11(15)9-12(13)16/h5-6,9,18H,2-4,7-8,10H2,1H3. The Balaban J connectivity index is 2.34. The molecular weight excluding hydrogens is 390 g/mol. The molecule has 0 aliphatic carbocycles. The van der Waals surface area contributed by atoms with Gasteiger partial charge in [-0.1, -0.05) is 15.9 Å². The maximum atomic E-state index is 11.9. The maximum Gasteiger partial charge on any atom is 0.260 e. The number of ether oxygens (including phenoxy) is 1. The molecule has 0 atom stereocenters. The van der Waals surface area contributed by atoms with Crippen molar-refractivity contribution in [3.63, 3.8) is 0 Å². The molecule has 0 aliphatic heterocycles. The van der Waals surface area contributed by atoms with E-state index in [0.717, 1.165) is 28.2 Å². The highest BCUT2D eigenvalue weighted by Crippen LogP contribution is 2.28. The quantitative estimate of drug-likeness (QED) is 0.672. The monoisotopic (exact) mass is 407 g/mol. The summed E-state index contributed by atoms with van der Waals surface area (Å²) in [6.45, 7) is 0.915. The number of likely N-dealkylation sites (N-methyl/N-ethyl adjacent to an activating group) is 1.